The molecule has 2 rings (SSSR count). The summed E-state index contributed by atoms with van der Waals surface area (Å²) in [4.78, 5) is 11.6. The fourth-order valence-corrected chi connectivity index (χ4v) is 1.92. The van der Waals surface area contributed by atoms with E-state index >= 15 is 0 Å². The lowest BCUT2D eigenvalue weighted by atomic mass is 9.99. The number of esters is 1. The third kappa shape index (κ3) is 3.04. The van der Waals surface area contributed by atoms with Gasteiger partial charge in [-0.2, -0.15) is 0 Å². The van der Waals surface area contributed by atoms with Crippen molar-refractivity contribution in [3.63, 3.8) is 0 Å². The molecule has 0 aliphatic rings. The van der Waals surface area contributed by atoms with Crippen molar-refractivity contribution >= 4 is 16.7 Å². The molecule has 104 valence electrons. The van der Waals surface area contributed by atoms with Crippen LogP contribution >= 0.6 is 0 Å². The van der Waals surface area contributed by atoms with Crippen molar-refractivity contribution < 1.29 is 19.7 Å². The molecular formula is C16H16O4. The molecule has 1 unspecified atom stereocenters. The highest BCUT2D eigenvalue weighted by atomic mass is 16.5. The summed E-state index contributed by atoms with van der Waals surface area (Å²) in [6.45, 7) is 3.19. The summed E-state index contributed by atoms with van der Waals surface area (Å²) in [5, 5.41) is 20.8. The summed E-state index contributed by atoms with van der Waals surface area (Å²) in [6, 6.07) is 13.2. The van der Waals surface area contributed by atoms with Crippen LogP contribution in [0.5, 0.6) is 0 Å². The highest BCUT2D eigenvalue weighted by Gasteiger charge is 2.19. The van der Waals surface area contributed by atoms with Crippen LogP contribution in [0.2, 0.25) is 0 Å². The molecule has 0 fully saturated rings. The van der Waals surface area contributed by atoms with Crippen molar-refractivity contribution in [2.75, 3.05) is 13.2 Å². The highest BCUT2D eigenvalue weighted by Crippen LogP contribution is 2.25. The zero-order chi connectivity index (χ0) is 14.5. The summed E-state index contributed by atoms with van der Waals surface area (Å²) in [5.74, 6) is -0.709. The molecule has 0 aliphatic carbocycles. The summed E-state index contributed by atoms with van der Waals surface area (Å²) in [7, 11) is 0. The number of ether oxygens (including phenoxy) is 1. The van der Waals surface area contributed by atoms with Gasteiger partial charge in [-0.25, -0.2) is 4.79 Å². The van der Waals surface area contributed by atoms with Gasteiger partial charge in [0, 0.05) is 0 Å². The average molecular weight is 272 g/mol. The summed E-state index contributed by atoms with van der Waals surface area (Å²) >= 11 is 0. The number of benzene rings is 2. The standard InChI is InChI=1S/C16H16O4/c1-11(16(19)20-9-8-17)15(18)14-7-6-12-4-2-3-5-13(12)10-14/h2-7,10,15,17-18H,1,8-9H2. The van der Waals surface area contributed by atoms with Crippen molar-refractivity contribution in [1.29, 1.82) is 0 Å². The van der Waals surface area contributed by atoms with Gasteiger partial charge in [-0.1, -0.05) is 43.0 Å². The second-order valence-corrected chi connectivity index (χ2v) is 4.39. The first-order valence-corrected chi connectivity index (χ1v) is 6.27. The smallest absolute Gasteiger partial charge is 0.336 e. The topological polar surface area (TPSA) is 66.8 Å². The van der Waals surface area contributed by atoms with Crippen LogP contribution in [0.4, 0.5) is 0 Å². The minimum Gasteiger partial charge on any atom is -0.460 e. The maximum Gasteiger partial charge on any atom is 0.336 e. The van der Waals surface area contributed by atoms with Crippen LogP contribution < -0.4 is 0 Å². The number of aliphatic hydroxyl groups excluding tert-OH is 2. The van der Waals surface area contributed by atoms with Crippen LogP contribution in [0.3, 0.4) is 0 Å². The molecule has 0 aliphatic heterocycles. The van der Waals surface area contributed by atoms with E-state index in [-0.39, 0.29) is 18.8 Å². The fraction of sp³-hybridized carbons (Fsp3) is 0.188. The lowest BCUT2D eigenvalue weighted by Gasteiger charge is -2.14. The predicted molar refractivity (Wildman–Crippen MR) is 76.1 cm³/mol. The van der Waals surface area contributed by atoms with E-state index in [1.165, 1.54) is 0 Å². The first kappa shape index (κ1) is 14.2. The molecule has 0 spiro atoms. The Bertz CT molecular complexity index is 633. The van der Waals surface area contributed by atoms with E-state index in [1.807, 2.05) is 36.4 Å². The molecular weight excluding hydrogens is 256 g/mol. The quantitative estimate of drug-likeness (QED) is 0.645. The van der Waals surface area contributed by atoms with Crippen molar-refractivity contribution in [2.24, 2.45) is 0 Å². The van der Waals surface area contributed by atoms with Crippen LogP contribution in [0.15, 0.2) is 54.6 Å². The van der Waals surface area contributed by atoms with Crippen LogP contribution in [0, 0.1) is 0 Å². The Balaban J connectivity index is 2.20. The molecule has 4 heteroatoms. The minimum atomic E-state index is -1.12. The fourth-order valence-electron chi connectivity index (χ4n) is 1.92. The largest absolute Gasteiger partial charge is 0.460 e. The first-order chi connectivity index (χ1) is 9.63. The lowest BCUT2D eigenvalue weighted by Crippen LogP contribution is -2.15. The van der Waals surface area contributed by atoms with Crippen LogP contribution in [0.1, 0.15) is 11.7 Å². The Labute approximate surface area is 116 Å². The lowest BCUT2D eigenvalue weighted by molar-refractivity contribution is -0.141. The maximum atomic E-state index is 11.6. The molecule has 0 amide bonds. The van der Waals surface area contributed by atoms with E-state index in [0.717, 1.165) is 10.8 Å². The van der Waals surface area contributed by atoms with E-state index < -0.39 is 12.1 Å². The molecule has 20 heavy (non-hydrogen) atoms. The van der Waals surface area contributed by atoms with Gasteiger partial charge in [0.05, 0.1) is 12.2 Å². The maximum absolute atomic E-state index is 11.6. The molecule has 2 aromatic carbocycles. The average Bonchev–Trinajstić information content (AvgIpc) is 2.50. The monoisotopic (exact) mass is 272 g/mol. The number of fused-ring (bicyclic) bond motifs is 1. The molecule has 0 bridgehead atoms. The first-order valence-electron chi connectivity index (χ1n) is 6.27. The van der Waals surface area contributed by atoms with Gasteiger partial charge >= 0.3 is 5.97 Å². The third-order valence-electron chi connectivity index (χ3n) is 3.01. The van der Waals surface area contributed by atoms with Crippen molar-refractivity contribution in [3.8, 4) is 0 Å². The number of aliphatic hydroxyl groups is 2. The van der Waals surface area contributed by atoms with E-state index in [0.29, 0.717) is 5.56 Å². The van der Waals surface area contributed by atoms with Gasteiger partial charge < -0.3 is 14.9 Å². The predicted octanol–water partition coefficient (Wildman–Crippen LogP) is 1.96. The van der Waals surface area contributed by atoms with Crippen molar-refractivity contribution in [2.45, 2.75) is 6.10 Å². The van der Waals surface area contributed by atoms with Gasteiger partial charge in [-0.3, -0.25) is 0 Å². The second kappa shape index (κ2) is 6.32. The Kier molecular flexibility index (Phi) is 4.50. The van der Waals surface area contributed by atoms with Gasteiger partial charge in [0.2, 0.25) is 0 Å². The normalized spacial score (nSPS) is 12.1. The Morgan fingerprint density at radius 1 is 1.20 bits per heavy atom. The Hall–Kier alpha value is -2.17. The Morgan fingerprint density at radius 3 is 2.60 bits per heavy atom. The third-order valence-corrected chi connectivity index (χ3v) is 3.01. The van der Waals surface area contributed by atoms with E-state index in [4.69, 9.17) is 9.84 Å². The molecule has 1 atom stereocenters. The number of carbonyl (C=O) groups excluding carboxylic acids is 1. The van der Waals surface area contributed by atoms with Gasteiger partial charge in [0.25, 0.3) is 0 Å². The summed E-state index contributed by atoms with van der Waals surface area (Å²) < 4.78 is 4.73. The molecule has 2 N–H and O–H groups in total. The Morgan fingerprint density at radius 2 is 1.90 bits per heavy atom. The van der Waals surface area contributed by atoms with Crippen LogP contribution in [-0.2, 0) is 9.53 Å². The highest BCUT2D eigenvalue weighted by molar-refractivity contribution is 5.90. The number of hydrogen-bond acceptors (Lipinski definition) is 4. The van der Waals surface area contributed by atoms with Gasteiger partial charge in [0.15, 0.2) is 0 Å². The number of carbonyl (C=O) groups is 1. The zero-order valence-electron chi connectivity index (χ0n) is 11.0. The summed E-state index contributed by atoms with van der Waals surface area (Å²) in [5.41, 5.74) is 0.531. The van der Waals surface area contributed by atoms with E-state index in [1.54, 1.807) is 6.07 Å². The molecule has 0 heterocycles. The zero-order valence-corrected chi connectivity index (χ0v) is 11.0. The van der Waals surface area contributed by atoms with Gasteiger partial charge in [0.1, 0.15) is 12.7 Å². The second-order valence-electron chi connectivity index (χ2n) is 4.39. The van der Waals surface area contributed by atoms with Gasteiger partial charge in [-0.15, -0.1) is 0 Å². The number of hydrogen-bond donors (Lipinski definition) is 2. The number of rotatable bonds is 5. The molecule has 0 saturated heterocycles. The van der Waals surface area contributed by atoms with E-state index in [2.05, 4.69) is 6.58 Å². The van der Waals surface area contributed by atoms with Crippen molar-refractivity contribution in [1.82, 2.24) is 0 Å². The molecule has 4 nitrogen and oxygen atoms in total. The van der Waals surface area contributed by atoms with Crippen LogP contribution in [-0.4, -0.2) is 29.4 Å². The minimum absolute atomic E-state index is 0.0475. The summed E-state index contributed by atoms with van der Waals surface area (Å²) in [6.07, 6.45) is -1.12. The van der Waals surface area contributed by atoms with Gasteiger partial charge in [-0.05, 0) is 22.4 Å². The molecule has 0 radical (unpaired) electrons. The SMILES string of the molecule is C=C(C(=O)OCCO)C(O)c1ccc2ccccc2c1. The van der Waals surface area contributed by atoms with Crippen molar-refractivity contribution in [3.05, 3.63) is 60.2 Å². The molecule has 0 aromatic heterocycles. The molecule has 2 aromatic rings. The molecule has 0 saturated carbocycles. The van der Waals surface area contributed by atoms with E-state index in [9.17, 15) is 9.90 Å². The van der Waals surface area contributed by atoms with Crippen LogP contribution in [0.25, 0.3) is 10.8 Å².